The van der Waals surface area contributed by atoms with E-state index in [4.69, 9.17) is 0 Å². The Balaban J connectivity index is 1.65. The molecule has 1 aliphatic heterocycles. The zero-order valence-corrected chi connectivity index (χ0v) is 15.3. The molecule has 1 heterocycles. The largest absolute Gasteiger partial charge is 0.349 e. The second-order valence-electron chi connectivity index (χ2n) is 9.69. The van der Waals surface area contributed by atoms with E-state index in [0.29, 0.717) is 11.5 Å². The lowest BCUT2D eigenvalue weighted by Gasteiger charge is -2.59. The SMILES string of the molecule is CC(C)C1CCC2C3CCC4NC(=O)C=CC4(C)C3CCC12C. The van der Waals surface area contributed by atoms with E-state index in [2.05, 4.69) is 39.1 Å². The summed E-state index contributed by atoms with van der Waals surface area (Å²) in [4.78, 5) is 11.8. The highest BCUT2D eigenvalue weighted by Crippen LogP contribution is 2.65. The molecule has 0 bridgehead atoms. The zero-order chi connectivity index (χ0) is 16.4. The molecule has 0 radical (unpaired) electrons. The van der Waals surface area contributed by atoms with Gasteiger partial charge in [-0.15, -0.1) is 0 Å². The minimum absolute atomic E-state index is 0.118. The second-order valence-corrected chi connectivity index (χ2v) is 9.69. The van der Waals surface area contributed by atoms with Crippen molar-refractivity contribution in [3.05, 3.63) is 12.2 Å². The van der Waals surface area contributed by atoms with Gasteiger partial charge < -0.3 is 5.32 Å². The Bertz CT molecular complexity index is 538. The molecule has 1 amide bonds. The lowest BCUT2D eigenvalue weighted by Crippen LogP contribution is -2.59. The fraction of sp³-hybridized carbons (Fsp3) is 0.857. The molecule has 4 aliphatic rings. The zero-order valence-electron chi connectivity index (χ0n) is 15.3. The second kappa shape index (κ2) is 5.10. The van der Waals surface area contributed by atoms with Crippen LogP contribution < -0.4 is 5.32 Å². The van der Waals surface area contributed by atoms with Crippen LogP contribution in [0.4, 0.5) is 0 Å². The summed E-state index contributed by atoms with van der Waals surface area (Å²) >= 11 is 0. The summed E-state index contributed by atoms with van der Waals surface area (Å²) in [5.74, 6) is 4.41. The standard InChI is InChI=1S/C21H33NO/c1-13(2)15-6-7-16-14-5-8-18-21(4,12-10-19(23)22-18)17(14)9-11-20(15,16)3/h10,12-18H,5-9,11H2,1-4H3,(H,22,23). The maximum absolute atomic E-state index is 11.8. The molecule has 0 aromatic rings. The number of carbonyl (C=O) groups excluding carboxylic acids is 1. The van der Waals surface area contributed by atoms with Gasteiger partial charge >= 0.3 is 0 Å². The Morgan fingerprint density at radius 2 is 1.87 bits per heavy atom. The van der Waals surface area contributed by atoms with Crippen LogP contribution in [-0.4, -0.2) is 11.9 Å². The number of carbonyl (C=O) groups is 1. The van der Waals surface area contributed by atoms with Crippen molar-refractivity contribution < 1.29 is 4.79 Å². The molecule has 2 nitrogen and oxygen atoms in total. The number of hydrogen-bond donors (Lipinski definition) is 1. The van der Waals surface area contributed by atoms with Gasteiger partial charge in [-0.1, -0.05) is 33.8 Å². The first-order chi connectivity index (χ1) is 10.9. The summed E-state index contributed by atoms with van der Waals surface area (Å²) in [5, 5.41) is 3.26. The van der Waals surface area contributed by atoms with Gasteiger partial charge in [0.15, 0.2) is 0 Å². The van der Waals surface area contributed by atoms with E-state index in [1.54, 1.807) is 6.08 Å². The fourth-order valence-electron chi connectivity index (χ4n) is 7.47. The third-order valence-corrected chi connectivity index (χ3v) is 8.56. The summed E-state index contributed by atoms with van der Waals surface area (Å²) in [6.45, 7) is 9.89. The van der Waals surface area contributed by atoms with E-state index in [-0.39, 0.29) is 11.3 Å². The van der Waals surface area contributed by atoms with Crippen LogP contribution in [-0.2, 0) is 4.79 Å². The van der Waals surface area contributed by atoms with Gasteiger partial charge in [0.05, 0.1) is 0 Å². The van der Waals surface area contributed by atoms with Crippen LogP contribution in [0.1, 0.15) is 66.2 Å². The Morgan fingerprint density at radius 1 is 1.09 bits per heavy atom. The van der Waals surface area contributed by atoms with Gasteiger partial charge in [-0.25, -0.2) is 0 Å². The van der Waals surface area contributed by atoms with Crippen molar-refractivity contribution in [1.29, 1.82) is 0 Å². The third-order valence-electron chi connectivity index (χ3n) is 8.56. The molecule has 0 saturated heterocycles. The van der Waals surface area contributed by atoms with Crippen molar-refractivity contribution in [3.8, 4) is 0 Å². The number of hydrogen-bond acceptors (Lipinski definition) is 1. The fourth-order valence-corrected chi connectivity index (χ4v) is 7.47. The highest BCUT2D eigenvalue weighted by Gasteiger charge is 2.59. The van der Waals surface area contributed by atoms with Gasteiger partial charge in [-0.05, 0) is 79.6 Å². The first-order valence-electron chi connectivity index (χ1n) is 9.86. The predicted molar refractivity (Wildman–Crippen MR) is 93.8 cm³/mol. The normalized spacial score (nSPS) is 51.9. The average molecular weight is 316 g/mol. The van der Waals surface area contributed by atoms with Gasteiger partial charge in [0, 0.05) is 11.5 Å². The van der Waals surface area contributed by atoms with Gasteiger partial charge in [0.2, 0.25) is 5.91 Å². The molecule has 0 aromatic heterocycles. The minimum atomic E-state index is 0.118. The molecule has 0 spiro atoms. The van der Waals surface area contributed by atoms with E-state index in [1.807, 2.05) is 0 Å². The smallest absolute Gasteiger partial charge is 0.243 e. The van der Waals surface area contributed by atoms with E-state index < -0.39 is 0 Å². The van der Waals surface area contributed by atoms with Crippen LogP contribution in [0.2, 0.25) is 0 Å². The Hall–Kier alpha value is -0.790. The van der Waals surface area contributed by atoms with Crippen molar-refractivity contribution >= 4 is 5.91 Å². The lowest BCUT2D eigenvalue weighted by atomic mass is 9.47. The minimum Gasteiger partial charge on any atom is -0.349 e. The van der Waals surface area contributed by atoms with E-state index in [1.165, 1.54) is 38.5 Å². The molecule has 3 saturated carbocycles. The Labute approximate surface area is 141 Å². The van der Waals surface area contributed by atoms with Gasteiger partial charge in [-0.3, -0.25) is 4.79 Å². The Kier molecular flexibility index (Phi) is 3.49. The van der Waals surface area contributed by atoms with Crippen molar-refractivity contribution in [2.24, 2.45) is 40.4 Å². The van der Waals surface area contributed by atoms with Gasteiger partial charge in [-0.2, -0.15) is 0 Å². The highest BCUT2D eigenvalue weighted by molar-refractivity contribution is 5.89. The molecule has 3 fully saturated rings. The number of nitrogens with one attached hydrogen (secondary N) is 1. The quantitative estimate of drug-likeness (QED) is 0.755. The van der Waals surface area contributed by atoms with Gasteiger partial charge in [0.1, 0.15) is 0 Å². The van der Waals surface area contributed by atoms with Crippen molar-refractivity contribution in [2.45, 2.75) is 72.3 Å². The topological polar surface area (TPSA) is 29.1 Å². The first-order valence-corrected chi connectivity index (χ1v) is 9.86. The summed E-state index contributed by atoms with van der Waals surface area (Å²) < 4.78 is 0. The Morgan fingerprint density at radius 3 is 2.61 bits per heavy atom. The molecule has 3 aliphatic carbocycles. The molecular formula is C21H33NO. The van der Waals surface area contributed by atoms with Crippen LogP contribution in [0.15, 0.2) is 12.2 Å². The first kappa shape index (κ1) is 15.7. The van der Waals surface area contributed by atoms with E-state index in [9.17, 15) is 4.79 Å². The monoisotopic (exact) mass is 315 g/mol. The maximum atomic E-state index is 11.8. The number of amides is 1. The molecule has 128 valence electrons. The van der Waals surface area contributed by atoms with E-state index in [0.717, 1.165) is 29.6 Å². The van der Waals surface area contributed by atoms with Crippen LogP contribution in [0.3, 0.4) is 0 Å². The molecular weight excluding hydrogens is 282 g/mol. The third kappa shape index (κ3) is 2.09. The van der Waals surface area contributed by atoms with Crippen LogP contribution >= 0.6 is 0 Å². The van der Waals surface area contributed by atoms with Crippen molar-refractivity contribution in [1.82, 2.24) is 5.32 Å². The van der Waals surface area contributed by atoms with Crippen LogP contribution in [0, 0.1) is 40.4 Å². The summed E-state index contributed by atoms with van der Waals surface area (Å²) in [5.41, 5.74) is 0.758. The lowest BCUT2D eigenvalue weighted by molar-refractivity contribution is -0.122. The molecule has 0 aromatic carbocycles. The maximum Gasteiger partial charge on any atom is 0.243 e. The summed E-state index contributed by atoms with van der Waals surface area (Å²) in [6, 6.07) is 0.368. The highest BCUT2D eigenvalue weighted by atomic mass is 16.1. The average Bonchev–Trinajstić information content (AvgIpc) is 2.85. The number of fused-ring (bicyclic) bond motifs is 5. The summed E-state index contributed by atoms with van der Waals surface area (Å²) in [6.07, 6.45) is 12.2. The molecule has 7 unspecified atom stereocenters. The predicted octanol–water partition coefficient (Wildman–Crippen LogP) is 4.56. The molecule has 4 rings (SSSR count). The van der Waals surface area contributed by atoms with Crippen molar-refractivity contribution in [3.63, 3.8) is 0 Å². The molecule has 1 N–H and O–H groups in total. The summed E-state index contributed by atoms with van der Waals surface area (Å²) in [7, 11) is 0. The van der Waals surface area contributed by atoms with E-state index >= 15 is 0 Å². The van der Waals surface area contributed by atoms with Gasteiger partial charge in [0.25, 0.3) is 0 Å². The molecule has 7 atom stereocenters. The van der Waals surface area contributed by atoms with Crippen molar-refractivity contribution in [2.75, 3.05) is 0 Å². The molecule has 23 heavy (non-hydrogen) atoms. The van der Waals surface area contributed by atoms with Crippen LogP contribution in [0.5, 0.6) is 0 Å². The molecule has 2 heteroatoms. The number of rotatable bonds is 1. The van der Waals surface area contributed by atoms with Crippen LogP contribution in [0.25, 0.3) is 0 Å².